The smallest absolute Gasteiger partial charge is 0.274 e. The Kier molecular flexibility index (Phi) is 4.53. The van der Waals surface area contributed by atoms with Crippen molar-refractivity contribution in [1.82, 2.24) is 20.2 Å². The minimum atomic E-state index is -0.170. The lowest BCUT2D eigenvalue weighted by atomic mass is 10.1. The monoisotopic (exact) mass is 278 g/mol. The van der Waals surface area contributed by atoms with Gasteiger partial charge >= 0.3 is 0 Å². The molecule has 2 rings (SSSR count). The summed E-state index contributed by atoms with van der Waals surface area (Å²) in [5.74, 6) is 0.463. The van der Waals surface area contributed by atoms with Gasteiger partial charge < -0.3 is 0 Å². The number of hydrogen-bond donors (Lipinski definition) is 1. The lowest BCUT2D eigenvalue weighted by Gasteiger charge is -2.15. The van der Waals surface area contributed by atoms with Gasteiger partial charge in [-0.25, -0.2) is 10.0 Å². The molecule has 1 aromatic heterocycles. The number of hydrogen-bond acceptors (Lipinski definition) is 5. The molecule has 1 heterocycles. The second kappa shape index (κ2) is 6.35. The van der Waals surface area contributed by atoms with E-state index in [9.17, 15) is 4.79 Å². The van der Waals surface area contributed by atoms with Crippen LogP contribution in [0.5, 0.6) is 0 Å². The molecule has 0 saturated carbocycles. The first-order valence-electron chi connectivity index (χ1n) is 5.60. The van der Waals surface area contributed by atoms with Crippen LogP contribution in [-0.2, 0) is 10.6 Å². The predicted molar refractivity (Wildman–Crippen MR) is 71.5 cm³/mol. The summed E-state index contributed by atoms with van der Waals surface area (Å²) in [5.41, 5.74) is 1.55. The number of thioether (sulfide) groups is 1. The van der Waals surface area contributed by atoms with E-state index < -0.39 is 0 Å². The van der Waals surface area contributed by atoms with Crippen molar-refractivity contribution in [3.8, 4) is 0 Å². The van der Waals surface area contributed by atoms with Crippen LogP contribution in [-0.4, -0.2) is 40.3 Å². The number of H-pyrrole nitrogens is 1. The van der Waals surface area contributed by atoms with E-state index in [2.05, 4.69) is 15.2 Å². The van der Waals surface area contributed by atoms with Crippen molar-refractivity contribution in [3.05, 3.63) is 41.7 Å². The molecule has 1 amide bonds. The van der Waals surface area contributed by atoms with Gasteiger partial charge in [0, 0.05) is 18.4 Å². The van der Waals surface area contributed by atoms with Crippen molar-refractivity contribution in [2.45, 2.75) is 10.9 Å². The normalized spacial score (nSPS) is 10.4. The van der Waals surface area contributed by atoms with Crippen LogP contribution in [0.25, 0.3) is 0 Å². The Bertz CT molecular complexity index is 544. The van der Waals surface area contributed by atoms with Gasteiger partial charge in [0.2, 0.25) is 0 Å². The zero-order chi connectivity index (χ0) is 13.7. The lowest BCUT2D eigenvalue weighted by Crippen LogP contribution is -2.26. The molecule has 2 aromatic rings. The SMILES string of the molecule is CON(C)C(=O)c1ccccc1CSc1ncn[nH]1. The Morgan fingerprint density at radius 1 is 1.47 bits per heavy atom. The van der Waals surface area contributed by atoms with Gasteiger partial charge in [-0.3, -0.25) is 14.7 Å². The zero-order valence-corrected chi connectivity index (χ0v) is 11.5. The van der Waals surface area contributed by atoms with Crippen LogP contribution in [0, 0.1) is 0 Å². The van der Waals surface area contributed by atoms with E-state index in [0.29, 0.717) is 11.3 Å². The second-order valence-corrected chi connectivity index (χ2v) is 4.69. The fraction of sp³-hybridized carbons (Fsp3) is 0.250. The summed E-state index contributed by atoms with van der Waals surface area (Å²) in [4.78, 5) is 21.1. The molecular weight excluding hydrogens is 264 g/mol. The highest BCUT2D eigenvalue weighted by atomic mass is 32.2. The molecule has 0 saturated heterocycles. The maximum atomic E-state index is 12.1. The number of nitrogens with zero attached hydrogens (tertiary/aromatic N) is 3. The van der Waals surface area contributed by atoms with Crippen molar-refractivity contribution in [1.29, 1.82) is 0 Å². The number of aromatic amines is 1. The van der Waals surface area contributed by atoms with E-state index in [0.717, 1.165) is 10.7 Å². The van der Waals surface area contributed by atoms with Crippen molar-refractivity contribution >= 4 is 17.7 Å². The molecule has 7 heteroatoms. The first-order chi connectivity index (χ1) is 9.22. The molecular formula is C12H14N4O2S. The fourth-order valence-electron chi connectivity index (χ4n) is 1.52. The largest absolute Gasteiger partial charge is 0.277 e. The van der Waals surface area contributed by atoms with Crippen LogP contribution in [0.1, 0.15) is 15.9 Å². The molecule has 0 bridgehead atoms. The Balaban J connectivity index is 2.14. The van der Waals surface area contributed by atoms with Crippen molar-refractivity contribution in [2.24, 2.45) is 0 Å². The number of nitrogens with one attached hydrogen (secondary N) is 1. The predicted octanol–water partition coefficient (Wildman–Crippen LogP) is 1.73. The summed E-state index contributed by atoms with van der Waals surface area (Å²) in [7, 11) is 3.05. The molecule has 0 aliphatic rings. The number of rotatable bonds is 5. The van der Waals surface area contributed by atoms with Gasteiger partial charge in [-0.15, -0.1) is 0 Å². The third kappa shape index (κ3) is 3.33. The summed E-state index contributed by atoms with van der Waals surface area (Å²) in [6, 6.07) is 7.44. The minimum Gasteiger partial charge on any atom is -0.274 e. The van der Waals surface area contributed by atoms with Crippen LogP contribution < -0.4 is 0 Å². The van der Waals surface area contributed by atoms with Gasteiger partial charge in [-0.1, -0.05) is 30.0 Å². The molecule has 6 nitrogen and oxygen atoms in total. The van der Waals surface area contributed by atoms with Crippen LogP contribution in [0.15, 0.2) is 35.7 Å². The Hall–Kier alpha value is -1.86. The van der Waals surface area contributed by atoms with Gasteiger partial charge in [0.05, 0.1) is 7.11 Å². The van der Waals surface area contributed by atoms with Crippen molar-refractivity contribution in [2.75, 3.05) is 14.2 Å². The number of benzene rings is 1. The molecule has 0 fully saturated rings. The van der Waals surface area contributed by atoms with E-state index in [1.54, 1.807) is 13.1 Å². The van der Waals surface area contributed by atoms with E-state index in [1.807, 2.05) is 18.2 Å². The van der Waals surface area contributed by atoms with Gasteiger partial charge in [0.1, 0.15) is 6.33 Å². The van der Waals surface area contributed by atoms with E-state index >= 15 is 0 Å². The number of amides is 1. The van der Waals surface area contributed by atoms with E-state index in [1.165, 1.54) is 30.3 Å². The molecule has 0 aliphatic carbocycles. The summed E-state index contributed by atoms with van der Waals surface area (Å²) in [6.45, 7) is 0. The van der Waals surface area contributed by atoms with Gasteiger partial charge in [0.15, 0.2) is 5.16 Å². The average Bonchev–Trinajstić information content (AvgIpc) is 2.97. The summed E-state index contributed by atoms with van der Waals surface area (Å²) in [6.07, 6.45) is 1.46. The quantitative estimate of drug-likeness (QED) is 0.666. The fourth-order valence-corrected chi connectivity index (χ4v) is 2.30. The third-order valence-electron chi connectivity index (χ3n) is 2.56. The molecule has 100 valence electrons. The third-order valence-corrected chi connectivity index (χ3v) is 3.49. The summed E-state index contributed by atoms with van der Waals surface area (Å²) >= 11 is 1.49. The Morgan fingerprint density at radius 2 is 2.26 bits per heavy atom. The maximum Gasteiger partial charge on any atom is 0.277 e. The average molecular weight is 278 g/mol. The highest BCUT2D eigenvalue weighted by Gasteiger charge is 2.15. The number of hydroxylamine groups is 2. The maximum absolute atomic E-state index is 12.1. The van der Waals surface area contributed by atoms with Crippen LogP contribution in [0.4, 0.5) is 0 Å². The summed E-state index contributed by atoms with van der Waals surface area (Å²) < 4.78 is 0. The molecule has 0 atom stereocenters. The Morgan fingerprint density at radius 3 is 2.95 bits per heavy atom. The van der Waals surface area contributed by atoms with Crippen LogP contribution >= 0.6 is 11.8 Å². The lowest BCUT2D eigenvalue weighted by molar-refractivity contribution is -0.0757. The van der Waals surface area contributed by atoms with E-state index in [-0.39, 0.29) is 5.91 Å². The first kappa shape index (κ1) is 13.6. The number of aromatic nitrogens is 3. The van der Waals surface area contributed by atoms with Gasteiger partial charge in [-0.05, 0) is 11.6 Å². The topological polar surface area (TPSA) is 71.1 Å². The van der Waals surface area contributed by atoms with Crippen molar-refractivity contribution in [3.63, 3.8) is 0 Å². The molecule has 0 unspecified atom stereocenters. The molecule has 1 aromatic carbocycles. The molecule has 0 spiro atoms. The summed E-state index contributed by atoms with van der Waals surface area (Å²) in [5, 5.41) is 8.48. The highest BCUT2D eigenvalue weighted by Crippen LogP contribution is 2.21. The Labute approximate surface area is 115 Å². The van der Waals surface area contributed by atoms with Crippen LogP contribution in [0.3, 0.4) is 0 Å². The van der Waals surface area contributed by atoms with Gasteiger partial charge in [-0.2, -0.15) is 5.10 Å². The van der Waals surface area contributed by atoms with Gasteiger partial charge in [0.25, 0.3) is 5.91 Å². The second-order valence-electron chi connectivity index (χ2n) is 3.72. The highest BCUT2D eigenvalue weighted by molar-refractivity contribution is 7.98. The van der Waals surface area contributed by atoms with Crippen LogP contribution in [0.2, 0.25) is 0 Å². The first-order valence-corrected chi connectivity index (χ1v) is 6.59. The number of carbonyl (C=O) groups is 1. The molecule has 0 radical (unpaired) electrons. The molecule has 0 aliphatic heterocycles. The minimum absolute atomic E-state index is 0.170. The standard InChI is InChI=1S/C12H14N4O2S/c1-16(18-2)11(17)10-6-4-3-5-9(10)7-19-12-13-8-14-15-12/h3-6,8H,7H2,1-2H3,(H,13,14,15). The number of carbonyl (C=O) groups excluding carboxylic acids is 1. The molecule has 19 heavy (non-hydrogen) atoms. The molecule has 1 N–H and O–H groups in total. The van der Waals surface area contributed by atoms with E-state index in [4.69, 9.17) is 4.84 Å². The van der Waals surface area contributed by atoms with Crippen molar-refractivity contribution < 1.29 is 9.63 Å². The zero-order valence-electron chi connectivity index (χ0n) is 10.7.